The third-order valence-corrected chi connectivity index (χ3v) is 3.99. The van der Waals surface area contributed by atoms with E-state index in [1.54, 1.807) is 31.4 Å². The molecule has 0 spiro atoms. The molecular weight excluding hydrogens is 318 g/mol. The second-order valence-electron chi connectivity index (χ2n) is 5.87. The molecule has 0 aliphatic rings. The minimum atomic E-state index is -0.312. The van der Waals surface area contributed by atoms with Gasteiger partial charge in [-0.15, -0.1) is 0 Å². The van der Waals surface area contributed by atoms with Gasteiger partial charge in [0.25, 0.3) is 11.5 Å². The van der Waals surface area contributed by atoms with Crippen LogP contribution in [0.4, 0.5) is 0 Å². The van der Waals surface area contributed by atoms with Crippen LogP contribution >= 0.6 is 0 Å². The van der Waals surface area contributed by atoms with Gasteiger partial charge in [-0.2, -0.15) is 5.10 Å². The van der Waals surface area contributed by atoms with Crippen LogP contribution in [0.3, 0.4) is 0 Å². The van der Waals surface area contributed by atoms with Crippen LogP contribution in [0.1, 0.15) is 23.0 Å². The Bertz CT molecular complexity index is 948. The molecule has 25 heavy (non-hydrogen) atoms. The fourth-order valence-corrected chi connectivity index (χ4v) is 2.75. The highest BCUT2D eigenvalue weighted by atomic mass is 16.5. The highest BCUT2D eigenvalue weighted by Gasteiger charge is 2.16. The molecule has 1 amide bonds. The second-order valence-corrected chi connectivity index (χ2v) is 5.87. The fraction of sp³-hybridized carbons (Fsp3) is 0.211. The van der Waals surface area contributed by atoms with E-state index in [1.807, 2.05) is 31.2 Å². The predicted octanol–water partition coefficient (Wildman–Crippen LogP) is 2.29. The Kier molecular flexibility index (Phi) is 4.79. The number of aromatic nitrogens is 2. The van der Waals surface area contributed by atoms with Crippen LogP contribution in [0.15, 0.2) is 53.3 Å². The van der Waals surface area contributed by atoms with Crippen molar-refractivity contribution in [2.45, 2.75) is 19.4 Å². The predicted molar refractivity (Wildman–Crippen MR) is 96.0 cm³/mol. The van der Waals surface area contributed by atoms with Crippen molar-refractivity contribution in [2.75, 3.05) is 7.11 Å². The van der Waals surface area contributed by atoms with Gasteiger partial charge < -0.3 is 10.1 Å². The van der Waals surface area contributed by atoms with E-state index < -0.39 is 0 Å². The van der Waals surface area contributed by atoms with Crippen molar-refractivity contribution in [1.82, 2.24) is 15.5 Å². The number of carbonyl (C=O) groups excluding carboxylic acids is 1. The summed E-state index contributed by atoms with van der Waals surface area (Å²) in [6.45, 7) is 1.93. The molecule has 0 aliphatic heterocycles. The van der Waals surface area contributed by atoms with E-state index in [0.29, 0.717) is 17.2 Å². The quantitative estimate of drug-likeness (QED) is 0.748. The number of aromatic amines is 1. The molecule has 1 atom stereocenters. The molecule has 0 bridgehead atoms. The Hall–Kier alpha value is -3.15. The molecule has 0 saturated heterocycles. The van der Waals surface area contributed by atoms with Gasteiger partial charge >= 0.3 is 0 Å². The zero-order valence-corrected chi connectivity index (χ0v) is 14.1. The van der Waals surface area contributed by atoms with Crippen LogP contribution in [0.2, 0.25) is 0 Å². The molecular formula is C19H19N3O3. The highest BCUT2D eigenvalue weighted by molar-refractivity contribution is 6.04. The van der Waals surface area contributed by atoms with Gasteiger partial charge in [-0.05, 0) is 37.1 Å². The van der Waals surface area contributed by atoms with Gasteiger partial charge in [-0.3, -0.25) is 9.59 Å². The lowest BCUT2D eigenvalue weighted by atomic mass is 10.1. The molecule has 0 saturated carbocycles. The lowest BCUT2D eigenvalue weighted by Gasteiger charge is -2.14. The summed E-state index contributed by atoms with van der Waals surface area (Å²) in [7, 11) is 1.62. The van der Waals surface area contributed by atoms with Crippen LogP contribution in [-0.4, -0.2) is 29.3 Å². The molecule has 3 aromatic rings. The van der Waals surface area contributed by atoms with Gasteiger partial charge in [-0.25, -0.2) is 5.10 Å². The molecule has 2 aromatic carbocycles. The molecule has 3 rings (SSSR count). The summed E-state index contributed by atoms with van der Waals surface area (Å²) in [6, 6.07) is 14.6. The van der Waals surface area contributed by atoms with Crippen molar-refractivity contribution in [3.63, 3.8) is 0 Å². The maximum atomic E-state index is 12.6. The largest absolute Gasteiger partial charge is 0.497 e. The number of rotatable bonds is 5. The number of hydrogen-bond donors (Lipinski definition) is 2. The Balaban J connectivity index is 1.75. The maximum absolute atomic E-state index is 12.6. The van der Waals surface area contributed by atoms with Gasteiger partial charge in [-0.1, -0.05) is 30.3 Å². The van der Waals surface area contributed by atoms with Gasteiger partial charge in [0.05, 0.1) is 12.5 Å². The first-order chi connectivity index (χ1) is 12.1. The van der Waals surface area contributed by atoms with E-state index in [2.05, 4.69) is 15.5 Å². The van der Waals surface area contributed by atoms with Crippen LogP contribution < -0.4 is 15.6 Å². The van der Waals surface area contributed by atoms with Crippen molar-refractivity contribution >= 4 is 16.7 Å². The molecule has 1 heterocycles. The highest BCUT2D eigenvalue weighted by Crippen LogP contribution is 2.14. The molecule has 2 N–H and O–H groups in total. The van der Waals surface area contributed by atoms with Crippen molar-refractivity contribution < 1.29 is 9.53 Å². The average Bonchev–Trinajstić information content (AvgIpc) is 2.62. The standard InChI is InChI=1S/C19H19N3O3/c1-12(11-13-7-9-14(25-2)10-8-13)20-19(24)17-15-5-3-4-6-16(15)18(23)22-21-17/h3-10,12H,11H2,1-2H3,(H,20,24)(H,22,23)/t12-/m1/s1. The Morgan fingerprint density at radius 2 is 1.84 bits per heavy atom. The third kappa shape index (κ3) is 3.68. The van der Waals surface area contributed by atoms with E-state index in [9.17, 15) is 9.59 Å². The normalized spacial score (nSPS) is 11.9. The molecule has 6 heteroatoms. The minimum absolute atomic E-state index is 0.0895. The van der Waals surface area contributed by atoms with Crippen molar-refractivity contribution in [1.29, 1.82) is 0 Å². The van der Waals surface area contributed by atoms with Gasteiger partial charge in [0.1, 0.15) is 5.75 Å². The van der Waals surface area contributed by atoms with Crippen LogP contribution in [0.5, 0.6) is 5.75 Å². The lowest BCUT2D eigenvalue weighted by molar-refractivity contribution is 0.0936. The molecule has 0 aliphatic carbocycles. The van der Waals surface area contributed by atoms with Gasteiger partial charge in [0.15, 0.2) is 5.69 Å². The third-order valence-electron chi connectivity index (χ3n) is 3.99. The SMILES string of the molecule is COc1ccc(C[C@@H](C)NC(=O)c2n[nH]c(=O)c3ccccc23)cc1. The number of nitrogens with zero attached hydrogens (tertiary/aromatic N) is 1. The van der Waals surface area contributed by atoms with Crippen molar-refractivity contribution in [3.8, 4) is 5.75 Å². The smallest absolute Gasteiger partial charge is 0.272 e. The number of carbonyl (C=O) groups is 1. The first-order valence-corrected chi connectivity index (χ1v) is 7.99. The number of H-pyrrole nitrogens is 1. The zero-order chi connectivity index (χ0) is 17.8. The summed E-state index contributed by atoms with van der Waals surface area (Å²) < 4.78 is 5.14. The Labute approximate surface area is 144 Å². The summed E-state index contributed by atoms with van der Waals surface area (Å²) in [5.74, 6) is 0.484. The Morgan fingerprint density at radius 3 is 2.52 bits per heavy atom. The second kappa shape index (κ2) is 7.17. The number of methoxy groups -OCH3 is 1. The summed E-state index contributed by atoms with van der Waals surface area (Å²) in [4.78, 5) is 24.4. The number of ether oxygens (including phenoxy) is 1. The molecule has 0 unspecified atom stereocenters. The number of hydrogen-bond acceptors (Lipinski definition) is 4. The monoisotopic (exact) mass is 337 g/mol. The van der Waals surface area contributed by atoms with Crippen LogP contribution in [0.25, 0.3) is 10.8 Å². The minimum Gasteiger partial charge on any atom is -0.497 e. The number of benzene rings is 2. The average molecular weight is 337 g/mol. The van der Waals surface area contributed by atoms with E-state index in [-0.39, 0.29) is 23.2 Å². The molecule has 0 fully saturated rings. The Morgan fingerprint density at radius 1 is 1.16 bits per heavy atom. The first kappa shape index (κ1) is 16.7. The lowest BCUT2D eigenvalue weighted by Crippen LogP contribution is -2.35. The number of nitrogens with one attached hydrogen (secondary N) is 2. The van der Waals surface area contributed by atoms with E-state index in [0.717, 1.165) is 11.3 Å². The van der Waals surface area contributed by atoms with E-state index >= 15 is 0 Å². The summed E-state index contributed by atoms with van der Waals surface area (Å²) in [5, 5.41) is 10.2. The maximum Gasteiger partial charge on any atom is 0.272 e. The first-order valence-electron chi connectivity index (χ1n) is 7.99. The molecule has 0 radical (unpaired) electrons. The summed E-state index contributed by atoms with van der Waals surface area (Å²) >= 11 is 0. The fourth-order valence-electron chi connectivity index (χ4n) is 2.75. The number of fused-ring (bicyclic) bond motifs is 1. The van der Waals surface area contributed by atoms with Gasteiger partial charge in [0.2, 0.25) is 0 Å². The number of amides is 1. The zero-order valence-electron chi connectivity index (χ0n) is 14.1. The van der Waals surface area contributed by atoms with E-state index in [1.165, 1.54) is 0 Å². The van der Waals surface area contributed by atoms with Crippen LogP contribution in [-0.2, 0) is 6.42 Å². The van der Waals surface area contributed by atoms with Crippen molar-refractivity contribution in [3.05, 3.63) is 70.1 Å². The summed E-state index contributed by atoms with van der Waals surface area (Å²) in [6.07, 6.45) is 0.678. The molecule has 128 valence electrons. The van der Waals surface area contributed by atoms with Crippen LogP contribution in [0, 0.1) is 0 Å². The van der Waals surface area contributed by atoms with E-state index in [4.69, 9.17) is 4.74 Å². The molecule has 1 aromatic heterocycles. The van der Waals surface area contributed by atoms with Crippen molar-refractivity contribution in [2.24, 2.45) is 0 Å². The molecule has 6 nitrogen and oxygen atoms in total. The topological polar surface area (TPSA) is 84.1 Å². The van der Waals surface area contributed by atoms with Gasteiger partial charge in [0, 0.05) is 11.4 Å². The summed E-state index contributed by atoms with van der Waals surface area (Å²) in [5.41, 5.74) is 1.00.